The Balaban J connectivity index is 1.45. The molecule has 0 aliphatic carbocycles. The Morgan fingerprint density at radius 1 is 1.08 bits per heavy atom. The number of hydrogen-bond donors (Lipinski definition) is 1. The summed E-state index contributed by atoms with van der Waals surface area (Å²) < 4.78 is 11.0. The van der Waals surface area contributed by atoms with E-state index in [1.165, 1.54) is 12.1 Å². The van der Waals surface area contributed by atoms with Gasteiger partial charge in [0, 0.05) is 40.9 Å². The van der Waals surface area contributed by atoms with E-state index < -0.39 is 16.4 Å². The number of carbonyl (C=O) groups is 2. The zero-order chi connectivity index (χ0) is 26.2. The van der Waals surface area contributed by atoms with E-state index in [0.717, 1.165) is 35.2 Å². The van der Waals surface area contributed by atoms with Crippen molar-refractivity contribution in [2.24, 2.45) is 5.92 Å². The maximum absolute atomic E-state index is 14.6. The van der Waals surface area contributed by atoms with Crippen LogP contribution in [-0.4, -0.2) is 40.9 Å². The molecule has 4 atom stereocenters. The molecule has 2 fully saturated rings. The standard InChI is InChI=1S/C29H25N3O6/c1-16-4-10-21-20(13-16)29(28(34)30-21)26(27(33)18-7-11-23-24(14-18)38-15-37-23)25(22-3-2-12-31(22)29)17-5-8-19(9-6-17)32(35)36/h4-11,13-14,22,25-26H,2-3,12,15H2,1H3,(H,30,34)/t22?,25?,26?,29-/m1/s1. The summed E-state index contributed by atoms with van der Waals surface area (Å²) in [7, 11) is 0. The number of nitrogens with one attached hydrogen (secondary N) is 1. The molecular weight excluding hydrogens is 486 g/mol. The molecule has 4 aliphatic heterocycles. The first-order valence-electron chi connectivity index (χ1n) is 12.8. The monoisotopic (exact) mass is 511 g/mol. The number of nitro benzene ring substituents is 1. The second kappa shape index (κ2) is 8.13. The molecule has 9 nitrogen and oxygen atoms in total. The molecule has 9 heteroatoms. The highest BCUT2D eigenvalue weighted by molar-refractivity contribution is 6.12. The summed E-state index contributed by atoms with van der Waals surface area (Å²) in [5.74, 6) is -0.373. The molecule has 4 heterocycles. The van der Waals surface area contributed by atoms with Gasteiger partial charge in [0.25, 0.3) is 5.69 Å². The van der Waals surface area contributed by atoms with Crippen LogP contribution in [0.1, 0.15) is 45.8 Å². The van der Waals surface area contributed by atoms with Gasteiger partial charge >= 0.3 is 0 Å². The number of hydrogen-bond acceptors (Lipinski definition) is 7. The lowest BCUT2D eigenvalue weighted by Crippen LogP contribution is -2.52. The fourth-order valence-electron chi connectivity index (χ4n) is 7.10. The molecule has 1 N–H and O–H groups in total. The lowest BCUT2D eigenvalue weighted by molar-refractivity contribution is -0.384. The summed E-state index contributed by atoms with van der Waals surface area (Å²) in [4.78, 5) is 41.9. The molecule has 1 spiro atoms. The molecule has 38 heavy (non-hydrogen) atoms. The van der Waals surface area contributed by atoms with Crippen molar-refractivity contribution in [1.29, 1.82) is 0 Å². The number of anilines is 1. The number of non-ortho nitro benzene ring substituents is 1. The number of ether oxygens (including phenoxy) is 2. The van der Waals surface area contributed by atoms with Crippen molar-refractivity contribution in [3.8, 4) is 11.5 Å². The normalized spacial score (nSPS) is 26.9. The molecule has 3 aromatic carbocycles. The number of benzene rings is 3. The van der Waals surface area contributed by atoms with Gasteiger partial charge in [-0.15, -0.1) is 0 Å². The molecule has 2 saturated heterocycles. The molecular formula is C29H25N3O6. The van der Waals surface area contributed by atoms with Gasteiger partial charge in [0.05, 0.1) is 10.8 Å². The third kappa shape index (κ3) is 3.02. The highest BCUT2D eigenvalue weighted by Gasteiger charge is 2.69. The minimum atomic E-state index is -1.19. The predicted octanol–water partition coefficient (Wildman–Crippen LogP) is 4.54. The number of carbonyl (C=O) groups excluding carboxylic acids is 2. The first kappa shape index (κ1) is 22.9. The summed E-state index contributed by atoms with van der Waals surface area (Å²) in [5.41, 5.74) is 2.60. The molecule has 0 bridgehead atoms. The second-order valence-electron chi connectivity index (χ2n) is 10.5. The molecule has 192 valence electrons. The van der Waals surface area contributed by atoms with Crippen LogP contribution in [-0.2, 0) is 10.3 Å². The minimum absolute atomic E-state index is 0.0111. The maximum atomic E-state index is 14.6. The summed E-state index contributed by atoms with van der Waals surface area (Å²) in [6.45, 7) is 2.76. The van der Waals surface area contributed by atoms with Crippen molar-refractivity contribution in [3.05, 3.63) is 93.0 Å². The van der Waals surface area contributed by atoms with E-state index in [1.807, 2.05) is 25.1 Å². The van der Waals surface area contributed by atoms with E-state index in [4.69, 9.17) is 9.47 Å². The fraction of sp³-hybridized carbons (Fsp3) is 0.310. The second-order valence-corrected chi connectivity index (χ2v) is 10.5. The SMILES string of the molecule is Cc1ccc2c(c1)[C@]1(C(=O)N2)C(C(=O)c2ccc3c(c2)OCO3)C(c2ccc([N+](=O)[O-])cc2)C2CCCN21. The van der Waals surface area contributed by atoms with Crippen LogP contribution in [0.2, 0.25) is 0 Å². The van der Waals surface area contributed by atoms with E-state index in [1.54, 1.807) is 30.3 Å². The van der Waals surface area contributed by atoms with E-state index >= 15 is 0 Å². The highest BCUT2D eigenvalue weighted by Crippen LogP contribution is 2.61. The topological polar surface area (TPSA) is 111 Å². The Morgan fingerprint density at radius 3 is 2.66 bits per heavy atom. The third-order valence-corrected chi connectivity index (χ3v) is 8.58. The number of ketones is 1. The Morgan fingerprint density at radius 2 is 1.87 bits per heavy atom. The average Bonchev–Trinajstić information content (AvgIpc) is 3.68. The number of rotatable bonds is 4. The minimum Gasteiger partial charge on any atom is -0.454 e. The van der Waals surface area contributed by atoms with Crippen LogP contribution in [0.3, 0.4) is 0 Å². The van der Waals surface area contributed by atoms with E-state index in [-0.39, 0.29) is 36.1 Å². The molecule has 3 aromatic rings. The van der Waals surface area contributed by atoms with Crippen molar-refractivity contribution < 1.29 is 24.0 Å². The smallest absolute Gasteiger partial charge is 0.269 e. The van der Waals surface area contributed by atoms with Crippen LogP contribution >= 0.6 is 0 Å². The summed E-state index contributed by atoms with van der Waals surface area (Å²) >= 11 is 0. The number of amides is 1. The van der Waals surface area contributed by atoms with Gasteiger partial charge in [-0.05, 0) is 56.1 Å². The van der Waals surface area contributed by atoms with E-state index in [2.05, 4.69) is 10.2 Å². The Hall–Kier alpha value is -4.24. The number of nitro groups is 1. The number of Topliss-reactive ketones (excluding diaryl/α,β-unsaturated/α-hetero) is 1. The molecule has 0 aromatic heterocycles. The van der Waals surface area contributed by atoms with Gasteiger partial charge < -0.3 is 14.8 Å². The van der Waals surface area contributed by atoms with Crippen LogP contribution in [0.5, 0.6) is 11.5 Å². The summed E-state index contributed by atoms with van der Waals surface area (Å²) in [6.07, 6.45) is 1.72. The van der Waals surface area contributed by atoms with Crippen molar-refractivity contribution in [3.63, 3.8) is 0 Å². The quantitative estimate of drug-likeness (QED) is 0.311. The zero-order valence-corrected chi connectivity index (χ0v) is 20.7. The molecule has 3 unspecified atom stereocenters. The lowest BCUT2D eigenvalue weighted by Gasteiger charge is -2.37. The van der Waals surface area contributed by atoms with E-state index in [9.17, 15) is 19.7 Å². The van der Waals surface area contributed by atoms with Gasteiger partial charge in [-0.2, -0.15) is 0 Å². The van der Waals surface area contributed by atoms with Gasteiger partial charge in [-0.1, -0.05) is 29.8 Å². The van der Waals surface area contributed by atoms with Gasteiger partial charge in [-0.3, -0.25) is 24.6 Å². The van der Waals surface area contributed by atoms with Crippen LogP contribution in [0.25, 0.3) is 0 Å². The number of fused-ring (bicyclic) bond motifs is 5. The van der Waals surface area contributed by atoms with Gasteiger partial charge in [0.2, 0.25) is 12.7 Å². The highest BCUT2D eigenvalue weighted by atomic mass is 16.7. The maximum Gasteiger partial charge on any atom is 0.269 e. The van der Waals surface area contributed by atoms with E-state index in [0.29, 0.717) is 23.6 Å². The van der Waals surface area contributed by atoms with Crippen LogP contribution in [0.15, 0.2) is 60.7 Å². The average molecular weight is 512 g/mol. The molecule has 0 radical (unpaired) electrons. The molecule has 1 amide bonds. The van der Waals surface area contributed by atoms with Crippen molar-refractivity contribution in [2.45, 2.75) is 37.3 Å². The Kier molecular flexibility index (Phi) is 4.90. The van der Waals surface area contributed by atoms with Gasteiger partial charge in [0.1, 0.15) is 5.54 Å². The Labute approximate surface area is 218 Å². The molecule has 0 saturated carbocycles. The van der Waals surface area contributed by atoms with Crippen LogP contribution in [0, 0.1) is 23.0 Å². The Bertz CT molecular complexity index is 1520. The largest absolute Gasteiger partial charge is 0.454 e. The fourth-order valence-corrected chi connectivity index (χ4v) is 7.10. The molecule has 7 rings (SSSR count). The third-order valence-electron chi connectivity index (χ3n) is 8.58. The first-order chi connectivity index (χ1) is 18.4. The summed E-state index contributed by atoms with van der Waals surface area (Å²) in [6, 6.07) is 17.4. The predicted molar refractivity (Wildman–Crippen MR) is 137 cm³/mol. The first-order valence-corrected chi connectivity index (χ1v) is 12.8. The van der Waals surface area contributed by atoms with Crippen molar-refractivity contribution >= 4 is 23.1 Å². The van der Waals surface area contributed by atoms with Crippen LogP contribution in [0.4, 0.5) is 11.4 Å². The van der Waals surface area contributed by atoms with Crippen molar-refractivity contribution in [1.82, 2.24) is 4.90 Å². The van der Waals surface area contributed by atoms with Crippen molar-refractivity contribution in [2.75, 3.05) is 18.7 Å². The molecule has 4 aliphatic rings. The van der Waals surface area contributed by atoms with Gasteiger partial charge in [0.15, 0.2) is 17.3 Å². The van der Waals surface area contributed by atoms with Gasteiger partial charge in [-0.25, -0.2) is 0 Å². The number of aryl methyl sites for hydroxylation is 1. The van der Waals surface area contributed by atoms with Crippen LogP contribution < -0.4 is 14.8 Å². The lowest BCUT2D eigenvalue weighted by atomic mass is 9.68. The number of nitrogens with zero attached hydrogens (tertiary/aromatic N) is 2. The summed E-state index contributed by atoms with van der Waals surface area (Å²) in [5, 5.41) is 14.4. The zero-order valence-electron chi connectivity index (χ0n) is 20.7.